The lowest BCUT2D eigenvalue weighted by Gasteiger charge is -2.07. The highest BCUT2D eigenvalue weighted by Crippen LogP contribution is 1.99. The van der Waals surface area contributed by atoms with Gasteiger partial charge in [0, 0.05) is 6.42 Å². The molecule has 0 amide bonds. The van der Waals surface area contributed by atoms with Crippen LogP contribution < -0.4 is 0 Å². The van der Waals surface area contributed by atoms with Crippen molar-refractivity contribution in [2.45, 2.75) is 32.8 Å². The number of allylic oxidation sites excluding steroid dienone is 2. The molecule has 0 radical (unpaired) electrons. The van der Waals surface area contributed by atoms with Gasteiger partial charge in [-0.3, -0.25) is 4.79 Å². The molecule has 0 aromatic heterocycles. The molecule has 4 nitrogen and oxygen atoms in total. The van der Waals surface area contributed by atoms with Crippen molar-refractivity contribution in [2.75, 3.05) is 13.2 Å². The summed E-state index contributed by atoms with van der Waals surface area (Å²) in [6.07, 6.45) is 1.94. The van der Waals surface area contributed by atoms with E-state index in [0.717, 1.165) is 5.57 Å². The lowest BCUT2D eigenvalue weighted by Crippen LogP contribution is -2.21. The molecule has 0 aromatic carbocycles. The van der Waals surface area contributed by atoms with Crippen LogP contribution in [0, 0.1) is 0 Å². The molecule has 0 saturated heterocycles. The van der Waals surface area contributed by atoms with Crippen molar-refractivity contribution in [1.82, 2.24) is 0 Å². The molecule has 14 heavy (non-hydrogen) atoms. The number of aliphatic hydroxyl groups is 2. The minimum absolute atomic E-state index is 0.135. The van der Waals surface area contributed by atoms with E-state index in [9.17, 15) is 4.79 Å². The number of esters is 1. The molecule has 82 valence electrons. The van der Waals surface area contributed by atoms with Crippen LogP contribution in [0.5, 0.6) is 0 Å². The van der Waals surface area contributed by atoms with Gasteiger partial charge in [-0.25, -0.2) is 0 Å². The van der Waals surface area contributed by atoms with Crippen LogP contribution in [-0.2, 0) is 9.53 Å². The number of aliphatic hydroxyl groups excluding tert-OH is 2. The zero-order valence-corrected chi connectivity index (χ0v) is 8.69. The fraction of sp³-hybridized carbons (Fsp3) is 0.700. The van der Waals surface area contributed by atoms with Gasteiger partial charge in [-0.1, -0.05) is 11.6 Å². The third-order valence-corrected chi connectivity index (χ3v) is 1.55. The van der Waals surface area contributed by atoms with Crippen molar-refractivity contribution in [2.24, 2.45) is 0 Å². The topological polar surface area (TPSA) is 66.8 Å². The molecule has 0 aliphatic heterocycles. The molecule has 0 fully saturated rings. The largest absolute Gasteiger partial charge is 0.463 e. The van der Waals surface area contributed by atoms with E-state index in [-0.39, 0.29) is 19.2 Å². The van der Waals surface area contributed by atoms with E-state index >= 15 is 0 Å². The molecule has 0 rings (SSSR count). The summed E-state index contributed by atoms with van der Waals surface area (Å²) < 4.78 is 4.70. The molecule has 1 atom stereocenters. The van der Waals surface area contributed by atoms with Crippen LogP contribution in [0.2, 0.25) is 0 Å². The SMILES string of the molecule is CC(C)=CCCC(=O)OCC(O)CO. The number of carbonyl (C=O) groups is 1. The summed E-state index contributed by atoms with van der Waals surface area (Å²) in [5, 5.41) is 17.3. The zero-order valence-electron chi connectivity index (χ0n) is 8.69. The van der Waals surface area contributed by atoms with Gasteiger partial charge in [0.2, 0.25) is 0 Å². The van der Waals surface area contributed by atoms with E-state index in [1.807, 2.05) is 19.9 Å². The van der Waals surface area contributed by atoms with Crippen LogP contribution in [0.3, 0.4) is 0 Å². The third-order valence-electron chi connectivity index (χ3n) is 1.55. The van der Waals surface area contributed by atoms with Gasteiger partial charge >= 0.3 is 5.97 Å². The quantitative estimate of drug-likeness (QED) is 0.489. The first kappa shape index (κ1) is 13.1. The Balaban J connectivity index is 3.51. The monoisotopic (exact) mass is 202 g/mol. The highest BCUT2D eigenvalue weighted by atomic mass is 16.5. The Morgan fingerprint density at radius 1 is 1.50 bits per heavy atom. The van der Waals surface area contributed by atoms with E-state index in [0.29, 0.717) is 12.8 Å². The van der Waals surface area contributed by atoms with Crippen LogP contribution in [0.1, 0.15) is 26.7 Å². The summed E-state index contributed by atoms with van der Waals surface area (Å²) in [5.74, 6) is -0.352. The van der Waals surface area contributed by atoms with Gasteiger partial charge in [-0.15, -0.1) is 0 Å². The molecule has 4 heteroatoms. The standard InChI is InChI=1S/C10H18O4/c1-8(2)4-3-5-10(13)14-7-9(12)6-11/h4,9,11-12H,3,5-7H2,1-2H3. The molecular weight excluding hydrogens is 184 g/mol. The van der Waals surface area contributed by atoms with E-state index in [2.05, 4.69) is 0 Å². The Hall–Kier alpha value is -0.870. The maximum Gasteiger partial charge on any atom is 0.306 e. The molecule has 0 spiro atoms. The Labute approximate surface area is 84.2 Å². The highest BCUT2D eigenvalue weighted by Gasteiger charge is 2.06. The predicted octanol–water partition coefficient (Wildman–Crippen LogP) is 0.629. The third kappa shape index (κ3) is 7.76. The molecular formula is C10H18O4. The lowest BCUT2D eigenvalue weighted by molar-refractivity contribution is -0.147. The van der Waals surface area contributed by atoms with Crippen LogP contribution in [0.15, 0.2) is 11.6 Å². The number of ether oxygens (including phenoxy) is 1. The second kappa shape index (κ2) is 7.53. The first-order valence-corrected chi connectivity index (χ1v) is 4.64. The van der Waals surface area contributed by atoms with Crippen molar-refractivity contribution in [3.63, 3.8) is 0 Å². The second-order valence-electron chi connectivity index (χ2n) is 3.34. The van der Waals surface area contributed by atoms with Gasteiger partial charge in [-0.2, -0.15) is 0 Å². The Morgan fingerprint density at radius 3 is 2.64 bits per heavy atom. The van der Waals surface area contributed by atoms with Crippen molar-refractivity contribution in [3.05, 3.63) is 11.6 Å². The number of hydrogen-bond donors (Lipinski definition) is 2. The van der Waals surface area contributed by atoms with Gasteiger partial charge in [0.25, 0.3) is 0 Å². The van der Waals surface area contributed by atoms with Gasteiger partial charge in [-0.05, 0) is 20.3 Å². The van der Waals surface area contributed by atoms with E-state index in [1.165, 1.54) is 0 Å². The van der Waals surface area contributed by atoms with Crippen molar-refractivity contribution in [3.8, 4) is 0 Å². The summed E-state index contributed by atoms with van der Waals surface area (Å²) in [5.41, 5.74) is 1.16. The Morgan fingerprint density at radius 2 is 2.14 bits per heavy atom. The molecule has 0 aliphatic rings. The van der Waals surface area contributed by atoms with E-state index < -0.39 is 6.10 Å². The minimum atomic E-state index is -0.970. The molecule has 2 N–H and O–H groups in total. The van der Waals surface area contributed by atoms with Crippen LogP contribution >= 0.6 is 0 Å². The van der Waals surface area contributed by atoms with Crippen LogP contribution in [-0.4, -0.2) is 35.5 Å². The molecule has 0 heterocycles. The summed E-state index contributed by atoms with van der Waals surface area (Å²) >= 11 is 0. The maximum absolute atomic E-state index is 11.0. The first-order valence-electron chi connectivity index (χ1n) is 4.64. The van der Waals surface area contributed by atoms with E-state index in [1.54, 1.807) is 0 Å². The van der Waals surface area contributed by atoms with Gasteiger partial charge in [0.05, 0.1) is 6.61 Å². The summed E-state index contributed by atoms with van der Waals surface area (Å²) in [4.78, 5) is 11.0. The minimum Gasteiger partial charge on any atom is -0.463 e. The Bertz CT molecular complexity index is 194. The lowest BCUT2D eigenvalue weighted by atomic mass is 10.2. The number of rotatable bonds is 6. The van der Waals surface area contributed by atoms with Crippen molar-refractivity contribution >= 4 is 5.97 Å². The molecule has 0 saturated carbocycles. The first-order chi connectivity index (χ1) is 6.56. The van der Waals surface area contributed by atoms with Gasteiger partial charge in [0.1, 0.15) is 12.7 Å². The fourth-order valence-corrected chi connectivity index (χ4v) is 0.793. The fourth-order valence-electron chi connectivity index (χ4n) is 0.793. The summed E-state index contributed by atoms with van der Waals surface area (Å²) in [7, 11) is 0. The average molecular weight is 202 g/mol. The molecule has 0 aromatic rings. The summed E-state index contributed by atoms with van der Waals surface area (Å²) in [6.45, 7) is 3.40. The highest BCUT2D eigenvalue weighted by molar-refractivity contribution is 5.69. The van der Waals surface area contributed by atoms with Crippen molar-refractivity contribution < 1.29 is 19.7 Å². The molecule has 1 unspecified atom stereocenters. The second-order valence-corrected chi connectivity index (χ2v) is 3.34. The maximum atomic E-state index is 11.0. The predicted molar refractivity (Wildman–Crippen MR) is 52.7 cm³/mol. The summed E-state index contributed by atoms with van der Waals surface area (Å²) in [6, 6.07) is 0. The van der Waals surface area contributed by atoms with E-state index in [4.69, 9.17) is 14.9 Å². The van der Waals surface area contributed by atoms with Crippen LogP contribution in [0.4, 0.5) is 0 Å². The van der Waals surface area contributed by atoms with Gasteiger partial charge in [0.15, 0.2) is 0 Å². The van der Waals surface area contributed by atoms with Gasteiger partial charge < -0.3 is 14.9 Å². The molecule has 0 bridgehead atoms. The molecule has 0 aliphatic carbocycles. The number of carbonyl (C=O) groups excluding carboxylic acids is 1. The average Bonchev–Trinajstić information content (AvgIpc) is 2.13. The van der Waals surface area contributed by atoms with Crippen molar-refractivity contribution in [1.29, 1.82) is 0 Å². The normalized spacial score (nSPS) is 12.0. The van der Waals surface area contributed by atoms with Crippen LogP contribution in [0.25, 0.3) is 0 Å². The number of hydrogen-bond acceptors (Lipinski definition) is 4. The smallest absolute Gasteiger partial charge is 0.306 e. The zero-order chi connectivity index (χ0) is 11.0. The Kier molecular flexibility index (Phi) is 7.06.